The van der Waals surface area contributed by atoms with Crippen LogP contribution in [-0.2, 0) is 0 Å². The molecule has 1 aromatic heterocycles. The highest BCUT2D eigenvalue weighted by Crippen LogP contribution is 2.23. The molecule has 0 spiro atoms. The molecule has 0 saturated carbocycles. The Morgan fingerprint density at radius 1 is 1.48 bits per heavy atom. The SMILES string of the molecule is CN=C(NCC(c1ccco1)N(C)C)N1CCC(CC(C)C)C1. The molecule has 1 N–H and O–H groups in total. The molecule has 5 nitrogen and oxygen atoms in total. The minimum atomic E-state index is 0.204. The summed E-state index contributed by atoms with van der Waals surface area (Å²) < 4.78 is 5.57. The van der Waals surface area contributed by atoms with E-state index >= 15 is 0 Å². The van der Waals surface area contributed by atoms with Gasteiger partial charge in [0.2, 0.25) is 0 Å². The van der Waals surface area contributed by atoms with Crippen molar-refractivity contribution in [3.8, 4) is 0 Å². The third-order valence-electron chi connectivity index (χ3n) is 4.55. The molecule has 1 fully saturated rings. The lowest BCUT2D eigenvalue weighted by Crippen LogP contribution is -2.43. The molecule has 2 heterocycles. The van der Waals surface area contributed by atoms with E-state index in [-0.39, 0.29) is 6.04 Å². The second-order valence-corrected chi connectivity index (χ2v) is 7.15. The lowest BCUT2D eigenvalue weighted by Gasteiger charge is -2.27. The summed E-state index contributed by atoms with van der Waals surface area (Å²) >= 11 is 0. The van der Waals surface area contributed by atoms with Gasteiger partial charge in [0.15, 0.2) is 5.96 Å². The van der Waals surface area contributed by atoms with Crippen molar-refractivity contribution in [1.82, 2.24) is 15.1 Å². The fourth-order valence-electron chi connectivity index (χ4n) is 3.42. The zero-order valence-electron chi connectivity index (χ0n) is 15.2. The van der Waals surface area contributed by atoms with Crippen molar-refractivity contribution in [3.63, 3.8) is 0 Å². The number of hydrogen-bond acceptors (Lipinski definition) is 3. The van der Waals surface area contributed by atoms with Gasteiger partial charge in [-0.2, -0.15) is 0 Å². The van der Waals surface area contributed by atoms with Gasteiger partial charge in [-0.05, 0) is 50.9 Å². The third kappa shape index (κ3) is 4.99. The molecule has 2 unspecified atom stereocenters. The predicted molar refractivity (Wildman–Crippen MR) is 95.6 cm³/mol. The van der Waals surface area contributed by atoms with Crippen molar-refractivity contribution < 1.29 is 4.42 Å². The first kappa shape index (κ1) is 17.9. The summed E-state index contributed by atoms with van der Waals surface area (Å²) in [6, 6.07) is 4.18. The van der Waals surface area contributed by atoms with Gasteiger partial charge in [-0.15, -0.1) is 0 Å². The number of aliphatic imine (C=N–C) groups is 1. The van der Waals surface area contributed by atoms with Gasteiger partial charge in [0.05, 0.1) is 12.3 Å². The second-order valence-electron chi connectivity index (χ2n) is 7.15. The van der Waals surface area contributed by atoms with Crippen LogP contribution in [-0.4, -0.2) is 56.5 Å². The number of likely N-dealkylation sites (N-methyl/N-ethyl adjacent to an activating group) is 1. The van der Waals surface area contributed by atoms with Gasteiger partial charge in [-0.25, -0.2) is 0 Å². The van der Waals surface area contributed by atoms with Crippen LogP contribution in [0, 0.1) is 11.8 Å². The Kier molecular flexibility index (Phi) is 6.51. The molecule has 0 bridgehead atoms. The summed E-state index contributed by atoms with van der Waals surface area (Å²) in [4.78, 5) is 9.04. The summed E-state index contributed by atoms with van der Waals surface area (Å²) in [6.07, 6.45) is 4.31. The van der Waals surface area contributed by atoms with E-state index in [2.05, 4.69) is 48.1 Å². The standard InChI is InChI=1S/C18H32N4O/c1-14(2)11-15-8-9-22(13-15)18(19-3)20-12-16(21(4)5)17-7-6-10-23-17/h6-7,10,14-16H,8-9,11-13H2,1-5H3,(H,19,20). The van der Waals surface area contributed by atoms with Crippen LogP contribution in [0.2, 0.25) is 0 Å². The maximum absolute atomic E-state index is 5.57. The van der Waals surface area contributed by atoms with E-state index in [4.69, 9.17) is 4.42 Å². The first-order valence-electron chi connectivity index (χ1n) is 8.66. The van der Waals surface area contributed by atoms with Gasteiger partial charge in [-0.3, -0.25) is 9.89 Å². The van der Waals surface area contributed by atoms with Gasteiger partial charge >= 0.3 is 0 Å². The van der Waals surface area contributed by atoms with Crippen LogP contribution in [0.3, 0.4) is 0 Å². The van der Waals surface area contributed by atoms with Crippen molar-refractivity contribution in [2.45, 2.75) is 32.7 Å². The molecule has 1 aromatic rings. The lowest BCUT2D eigenvalue weighted by atomic mass is 9.97. The molecule has 2 atom stereocenters. The first-order valence-corrected chi connectivity index (χ1v) is 8.66. The van der Waals surface area contributed by atoms with Crippen LogP contribution in [0.25, 0.3) is 0 Å². The molecule has 1 aliphatic rings. The lowest BCUT2D eigenvalue weighted by molar-refractivity contribution is 0.256. The van der Waals surface area contributed by atoms with Crippen LogP contribution < -0.4 is 5.32 Å². The van der Waals surface area contributed by atoms with Gasteiger partial charge < -0.3 is 14.6 Å². The molecule has 0 aromatic carbocycles. The van der Waals surface area contributed by atoms with Crippen molar-refractivity contribution >= 4 is 5.96 Å². The molecule has 1 aliphatic heterocycles. The Labute approximate surface area is 140 Å². The van der Waals surface area contributed by atoms with Crippen molar-refractivity contribution in [2.75, 3.05) is 40.8 Å². The summed E-state index contributed by atoms with van der Waals surface area (Å²) in [5.74, 6) is 3.56. The maximum atomic E-state index is 5.57. The van der Waals surface area contributed by atoms with Crippen molar-refractivity contribution in [1.29, 1.82) is 0 Å². The van der Waals surface area contributed by atoms with Crippen LogP contribution in [0.1, 0.15) is 38.5 Å². The Bertz CT molecular complexity index is 481. The fourth-order valence-corrected chi connectivity index (χ4v) is 3.42. The molecule has 0 aliphatic carbocycles. The largest absolute Gasteiger partial charge is 0.468 e. The average Bonchev–Trinajstić information content (AvgIpc) is 3.14. The number of nitrogens with zero attached hydrogens (tertiary/aromatic N) is 3. The predicted octanol–water partition coefficient (Wildman–Crippen LogP) is 2.83. The van der Waals surface area contributed by atoms with E-state index in [1.54, 1.807) is 6.26 Å². The Morgan fingerprint density at radius 3 is 2.83 bits per heavy atom. The van der Waals surface area contributed by atoms with Gasteiger partial charge in [0.1, 0.15) is 5.76 Å². The number of guanidine groups is 1. The molecular weight excluding hydrogens is 288 g/mol. The number of likely N-dealkylation sites (tertiary alicyclic amines) is 1. The number of nitrogens with one attached hydrogen (secondary N) is 1. The minimum Gasteiger partial charge on any atom is -0.468 e. The van der Waals surface area contributed by atoms with Gasteiger partial charge in [0, 0.05) is 26.7 Å². The zero-order chi connectivity index (χ0) is 16.8. The summed E-state index contributed by atoms with van der Waals surface area (Å²) in [7, 11) is 6.02. The number of rotatable bonds is 6. The van der Waals surface area contributed by atoms with Crippen molar-refractivity contribution in [3.05, 3.63) is 24.2 Å². The highest BCUT2D eigenvalue weighted by atomic mass is 16.3. The number of furan rings is 1. The molecule has 0 amide bonds. The number of hydrogen-bond donors (Lipinski definition) is 1. The molecule has 1 saturated heterocycles. The van der Waals surface area contributed by atoms with E-state index < -0.39 is 0 Å². The Hall–Kier alpha value is -1.49. The third-order valence-corrected chi connectivity index (χ3v) is 4.55. The second kappa shape index (κ2) is 8.39. The zero-order valence-corrected chi connectivity index (χ0v) is 15.2. The smallest absolute Gasteiger partial charge is 0.193 e. The van der Waals surface area contributed by atoms with Gasteiger partial charge in [0.25, 0.3) is 0 Å². The quantitative estimate of drug-likeness (QED) is 0.646. The highest BCUT2D eigenvalue weighted by Gasteiger charge is 2.26. The topological polar surface area (TPSA) is 44.0 Å². The summed E-state index contributed by atoms with van der Waals surface area (Å²) in [5.41, 5.74) is 0. The molecule has 23 heavy (non-hydrogen) atoms. The van der Waals surface area contributed by atoms with Crippen LogP contribution >= 0.6 is 0 Å². The average molecular weight is 320 g/mol. The minimum absolute atomic E-state index is 0.204. The molecule has 0 radical (unpaired) electrons. The molecule has 130 valence electrons. The van der Waals surface area contributed by atoms with E-state index in [1.807, 2.05) is 19.2 Å². The molecular formula is C18H32N4O. The van der Waals surface area contributed by atoms with E-state index in [1.165, 1.54) is 12.8 Å². The summed E-state index contributed by atoms with van der Waals surface area (Å²) in [5, 5.41) is 3.53. The maximum Gasteiger partial charge on any atom is 0.193 e. The van der Waals surface area contributed by atoms with E-state index in [9.17, 15) is 0 Å². The van der Waals surface area contributed by atoms with Crippen LogP contribution in [0.4, 0.5) is 0 Å². The normalized spacial score (nSPS) is 20.6. The Balaban J connectivity index is 1.90. The van der Waals surface area contributed by atoms with Crippen LogP contribution in [0.5, 0.6) is 0 Å². The molecule has 5 heteroatoms. The fraction of sp³-hybridized carbons (Fsp3) is 0.722. The monoisotopic (exact) mass is 320 g/mol. The highest BCUT2D eigenvalue weighted by molar-refractivity contribution is 5.80. The van der Waals surface area contributed by atoms with Gasteiger partial charge in [-0.1, -0.05) is 13.8 Å². The van der Waals surface area contributed by atoms with Crippen LogP contribution in [0.15, 0.2) is 27.8 Å². The first-order chi connectivity index (χ1) is 11.0. The summed E-state index contributed by atoms with van der Waals surface area (Å²) in [6.45, 7) is 7.62. The van der Waals surface area contributed by atoms with Crippen molar-refractivity contribution in [2.24, 2.45) is 16.8 Å². The van der Waals surface area contributed by atoms with E-state index in [0.29, 0.717) is 0 Å². The Morgan fingerprint density at radius 2 is 2.26 bits per heavy atom. The van der Waals surface area contributed by atoms with E-state index in [0.717, 1.165) is 43.2 Å². The molecule has 2 rings (SSSR count).